The van der Waals surface area contributed by atoms with Crippen molar-refractivity contribution in [2.45, 2.75) is 40.0 Å². The number of para-hydroxylation sites is 1. The number of aromatic nitrogens is 1. The first-order valence-electron chi connectivity index (χ1n) is 7.26. The van der Waals surface area contributed by atoms with Crippen molar-refractivity contribution < 1.29 is 4.79 Å². The minimum Gasteiger partial charge on any atom is -0.324 e. The van der Waals surface area contributed by atoms with Gasteiger partial charge in [-0.05, 0) is 25.0 Å². The van der Waals surface area contributed by atoms with E-state index in [9.17, 15) is 4.79 Å². The van der Waals surface area contributed by atoms with Crippen molar-refractivity contribution in [2.24, 2.45) is 5.41 Å². The van der Waals surface area contributed by atoms with Gasteiger partial charge in [-0.3, -0.25) is 9.78 Å². The first-order valence-corrected chi connectivity index (χ1v) is 7.26. The predicted octanol–water partition coefficient (Wildman–Crippen LogP) is 4.39. The van der Waals surface area contributed by atoms with Gasteiger partial charge < -0.3 is 5.32 Å². The zero-order valence-electron chi connectivity index (χ0n) is 12.4. The Morgan fingerprint density at radius 2 is 2.00 bits per heavy atom. The summed E-state index contributed by atoms with van der Waals surface area (Å²) in [7, 11) is 0. The van der Waals surface area contributed by atoms with E-state index < -0.39 is 0 Å². The number of nitrogens with one attached hydrogen (secondary N) is 1. The molecule has 2 aromatic rings. The Balaban J connectivity index is 2.30. The molecule has 0 aliphatic rings. The second-order valence-electron chi connectivity index (χ2n) is 5.50. The lowest BCUT2D eigenvalue weighted by atomic mass is 9.82. The summed E-state index contributed by atoms with van der Waals surface area (Å²) in [6, 6.07) is 9.77. The highest BCUT2D eigenvalue weighted by atomic mass is 16.2. The van der Waals surface area contributed by atoms with E-state index in [1.165, 1.54) is 0 Å². The second kappa shape index (κ2) is 6.04. The SMILES string of the molecule is CCCC(C)(CC)C(=O)Nc1cccc2cccnc12. The molecule has 1 N–H and O–H groups in total. The molecule has 0 saturated heterocycles. The zero-order valence-corrected chi connectivity index (χ0v) is 12.4. The normalized spacial score (nSPS) is 13.9. The van der Waals surface area contributed by atoms with Gasteiger partial charge in [0.05, 0.1) is 11.2 Å². The van der Waals surface area contributed by atoms with Crippen molar-refractivity contribution in [3.8, 4) is 0 Å². The van der Waals surface area contributed by atoms with Gasteiger partial charge in [0.2, 0.25) is 5.91 Å². The number of carbonyl (C=O) groups is 1. The van der Waals surface area contributed by atoms with Crippen LogP contribution < -0.4 is 5.32 Å². The number of fused-ring (bicyclic) bond motifs is 1. The lowest BCUT2D eigenvalue weighted by Crippen LogP contribution is -2.33. The molecule has 20 heavy (non-hydrogen) atoms. The van der Waals surface area contributed by atoms with Gasteiger partial charge in [0.1, 0.15) is 0 Å². The monoisotopic (exact) mass is 270 g/mol. The molecule has 0 radical (unpaired) electrons. The van der Waals surface area contributed by atoms with Crippen molar-refractivity contribution in [1.29, 1.82) is 0 Å². The summed E-state index contributed by atoms with van der Waals surface area (Å²) >= 11 is 0. The van der Waals surface area contributed by atoms with Crippen LogP contribution in [0.4, 0.5) is 5.69 Å². The number of amides is 1. The molecule has 1 aromatic carbocycles. The first-order chi connectivity index (χ1) is 9.60. The van der Waals surface area contributed by atoms with Crippen LogP contribution in [0.25, 0.3) is 10.9 Å². The average molecular weight is 270 g/mol. The number of anilines is 1. The fourth-order valence-electron chi connectivity index (χ4n) is 2.48. The maximum atomic E-state index is 12.6. The smallest absolute Gasteiger partial charge is 0.230 e. The van der Waals surface area contributed by atoms with Gasteiger partial charge in [-0.15, -0.1) is 0 Å². The molecule has 0 fully saturated rings. The Morgan fingerprint density at radius 3 is 2.70 bits per heavy atom. The van der Waals surface area contributed by atoms with Gasteiger partial charge in [-0.2, -0.15) is 0 Å². The van der Waals surface area contributed by atoms with Crippen molar-refractivity contribution in [1.82, 2.24) is 4.98 Å². The largest absolute Gasteiger partial charge is 0.324 e. The number of nitrogens with zero attached hydrogens (tertiary/aromatic N) is 1. The molecule has 1 heterocycles. The first kappa shape index (κ1) is 14.5. The van der Waals surface area contributed by atoms with E-state index in [2.05, 4.69) is 24.1 Å². The number of rotatable bonds is 5. The number of pyridine rings is 1. The third kappa shape index (κ3) is 2.82. The molecular formula is C17H22N2O. The molecule has 2 rings (SSSR count). The maximum absolute atomic E-state index is 12.6. The second-order valence-corrected chi connectivity index (χ2v) is 5.50. The van der Waals surface area contributed by atoms with E-state index in [-0.39, 0.29) is 11.3 Å². The lowest BCUT2D eigenvalue weighted by Gasteiger charge is -2.26. The van der Waals surface area contributed by atoms with Crippen LogP contribution in [-0.4, -0.2) is 10.9 Å². The number of benzene rings is 1. The summed E-state index contributed by atoms with van der Waals surface area (Å²) in [6.07, 6.45) is 4.49. The molecular weight excluding hydrogens is 248 g/mol. The summed E-state index contributed by atoms with van der Waals surface area (Å²) in [6.45, 7) is 6.21. The Morgan fingerprint density at radius 1 is 1.25 bits per heavy atom. The van der Waals surface area contributed by atoms with Crippen molar-refractivity contribution >= 4 is 22.5 Å². The highest BCUT2D eigenvalue weighted by molar-refractivity contribution is 6.02. The van der Waals surface area contributed by atoms with E-state index in [0.717, 1.165) is 35.9 Å². The van der Waals surface area contributed by atoms with E-state index in [0.29, 0.717) is 0 Å². The molecule has 3 nitrogen and oxygen atoms in total. The summed E-state index contributed by atoms with van der Waals surface area (Å²) < 4.78 is 0. The Bertz CT molecular complexity index is 603. The Kier molecular flexibility index (Phi) is 4.38. The van der Waals surface area contributed by atoms with Crippen LogP contribution in [-0.2, 0) is 4.79 Å². The average Bonchev–Trinajstić information content (AvgIpc) is 2.47. The standard InChI is InChI=1S/C17H22N2O/c1-4-11-17(3,5-2)16(20)19-14-10-6-8-13-9-7-12-18-15(13)14/h6-10,12H,4-5,11H2,1-3H3,(H,19,20). The summed E-state index contributed by atoms with van der Waals surface area (Å²) in [4.78, 5) is 16.9. The van der Waals surface area contributed by atoms with E-state index in [4.69, 9.17) is 0 Å². The molecule has 0 bridgehead atoms. The minimum atomic E-state index is -0.314. The van der Waals surface area contributed by atoms with Crippen molar-refractivity contribution in [2.75, 3.05) is 5.32 Å². The molecule has 1 unspecified atom stereocenters. The predicted molar refractivity (Wildman–Crippen MR) is 83.7 cm³/mol. The molecule has 0 saturated carbocycles. The summed E-state index contributed by atoms with van der Waals surface area (Å²) in [5, 5.41) is 4.10. The van der Waals surface area contributed by atoms with Gasteiger partial charge in [-0.1, -0.05) is 45.4 Å². The number of hydrogen-bond acceptors (Lipinski definition) is 2. The molecule has 0 aliphatic heterocycles. The molecule has 0 aliphatic carbocycles. The van der Waals surface area contributed by atoms with Crippen molar-refractivity contribution in [3.05, 3.63) is 36.5 Å². The number of hydrogen-bond donors (Lipinski definition) is 1. The van der Waals surface area contributed by atoms with Gasteiger partial charge in [-0.25, -0.2) is 0 Å². The van der Waals surface area contributed by atoms with Crippen molar-refractivity contribution in [3.63, 3.8) is 0 Å². The van der Waals surface area contributed by atoms with Crippen LogP contribution in [0.2, 0.25) is 0 Å². The highest BCUT2D eigenvalue weighted by Crippen LogP contribution is 2.30. The molecule has 1 amide bonds. The summed E-state index contributed by atoms with van der Waals surface area (Å²) in [5.41, 5.74) is 1.33. The van der Waals surface area contributed by atoms with Crippen LogP contribution >= 0.6 is 0 Å². The summed E-state index contributed by atoms with van der Waals surface area (Å²) in [5.74, 6) is 0.0833. The van der Waals surface area contributed by atoms with Gasteiger partial charge in [0, 0.05) is 17.0 Å². The molecule has 1 atom stereocenters. The molecule has 106 valence electrons. The van der Waals surface area contributed by atoms with Crippen LogP contribution in [0.5, 0.6) is 0 Å². The van der Waals surface area contributed by atoms with Crippen LogP contribution in [0, 0.1) is 5.41 Å². The maximum Gasteiger partial charge on any atom is 0.230 e. The van der Waals surface area contributed by atoms with Crippen LogP contribution in [0.1, 0.15) is 40.0 Å². The Labute approximate surface area is 120 Å². The zero-order chi connectivity index (χ0) is 14.6. The van der Waals surface area contributed by atoms with E-state index in [1.54, 1.807) is 6.20 Å². The third-order valence-electron chi connectivity index (χ3n) is 4.01. The third-order valence-corrected chi connectivity index (χ3v) is 4.01. The van der Waals surface area contributed by atoms with Crippen LogP contribution in [0.15, 0.2) is 36.5 Å². The van der Waals surface area contributed by atoms with Crippen LogP contribution in [0.3, 0.4) is 0 Å². The molecule has 1 aromatic heterocycles. The number of carbonyl (C=O) groups excluding carboxylic acids is 1. The quantitative estimate of drug-likeness (QED) is 0.875. The lowest BCUT2D eigenvalue weighted by molar-refractivity contribution is -0.125. The highest BCUT2D eigenvalue weighted by Gasteiger charge is 2.30. The van der Waals surface area contributed by atoms with Gasteiger partial charge in [0.25, 0.3) is 0 Å². The van der Waals surface area contributed by atoms with Gasteiger partial charge >= 0.3 is 0 Å². The van der Waals surface area contributed by atoms with E-state index in [1.807, 2.05) is 37.3 Å². The van der Waals surface area contributed by atoms with E-state index >= 15 is 0 Å². The molecule has 3 heteroatoms. The minimum absolute atomic E-state index is 0.0833. The Hall–Kier alpha value is -1.90. The van der Waals surface area contributed by atoms with Gasteiger partial charge in [0.15, 0.2) is 0 Å². The topological polar surface area (TPSA) is 42.0 Å². The fourth-order valence-corrected chi connectivity index (χ4v) is 2.48. The molecule has 0 spiro atoms. The fraction of sp³-hybridized carbons (Fsp3) is 0.412.